The molecule has 0 bridgehead atoms. The van der Waals surface area contributed by atoms with Crippen LogP contribution < -0.4 is 10.1 Å². The summed E-state index contributed by atoms with van der Waals surface area (Å²) in [6.07, 6.45) is -0.134. The third-order valence-electron chi connectivity index (χ3n) is 4.09. The predicted molar refractivity (Wildman–Crippen MR) is 103 cm³/mol. The van der Waals surface area contributed by atoms with Crippen molar-refractivity contribution in [1.29, 1.82) is 0 Å². The summed E-state index contributed by atoms with van der Waals surface area (Å²) in [6.45, 7) is 8.46. The molecule has 1 saturated heterocycles. The van der Waals surface area contributed by atoms with Crippen LogP contribution in [0, 0.1) is 0 Å². The second-order valence-electron chi connectivity index (χ2n) is 6.66. The lowest BCUT2D eigenvalue weighted by atomic mass is 10.2. The number of hydrogen-bond donors (Lipinski definition) is 1. The molecular formula is C19H25N3O3S. The van der Waals surface area contributed by atoms with Crippen molar-refractivity contribution >= 4 is 22.4 Å². The molecule has 3 rings (SSSR count). The molecule has 6 nitrogen and oxygen atoms in total. The monoisotopic (exact) mass is 375 g/mol. The first-order valence-corrected chi connectivity index (χ1v) is 9.72. The van der Waals surface area contributed by atoms with Gasteiger partial charge in [0.1, 0.15) is 5.75 Å². The average molecular weight is 375 g/mol. The summed E-state index contributed by atoms with van der Waals surface area (Å²) in [6, 6.07) is 9.32. The number of amides is 1. The summed E-state index contributed by atoms with van der Waals surface area (Å²) < 4.78 is 11.4. The quantitative estimate of drug-likeness (QED) is 0.840. The molecule has 0 unspecified atom stereocenters. The fourth-order valence-corrected chi connectivity index (χ4v) is 3.75. The fraction of sp³-hybridized carbons (Fsp3) is 0.474. The normalized spacial score (nSPS) is 22.0. The molecule has 1 amide bonds. The number of morpholine rings is 1. The van der Waals surface area contributed by atoms with Gasteiger partial charge in [-0.1, -0.05) is 18.2 Å². The van der Waals surface area contributed by atoms with E-state index in [1.165, 1.54) is 11.3 Å². The van der Waals surface area contributed by atoms with Crippen molar-refractivity contribution in [1.82, 2.24) is 9.88 Å². The molecule has 140 valence electrons. The van der Waals surface area contributed by atoms with Crippen LogP contribution in [-0.4, -0.2) is 47.2 Å². The van der Waals surface area contributed by atoms with E-state index in [1.54, 1.807) is 6.92 Å². The smallest absolute Gasteiger partial charge is 0.266 e. The molecule has 1 N–H and O–H groups in total. The minimum atomic E-state index is -0.592. The highest BCUT2D eigenvalue weighted by Crippen LogP contribution is 2.20. The molecule has 0 saturated carbocycles. The maximum absolute atomic E-state index is 12.3. The largest absolute Gasteiger partial charge is 0.481 e. The molecule has 0 aliphatic carbocycles. The number of aromatic nitrogens is 1. The molecule has 3 atom stereocenters. The maximum atomic E-state index is 12.3. The van der Waals surface area contributed by atoms with Crippen molar-refractivity contribution < 1.29 is 14.3 Å². The van der Waals surface area contributed by atoms with Gasteiger partial charge in [0.2, 0.25) is 0 Å². The predicted octanol–water partition coefficient (Wildman–Crippen LogP) is 3.16. The number of para-hydroxylation sites is 1. The minimum absolute atomic E-state index is 0.205. The number of carbonyl (C=O) groups is 1. The highest BCUT2D eigenvalue weighted by molar-refractivity contribution is 7.13. The molecule has 0 radical (unpaired) electrons. The van der Waals surface area contributed by atoms with Crippen LogP contribution in [0.5, 0.6) is 5.75 Å². The Kier molecular flexibility index (Phi) is 6.24. The maximum Gasteiger partial charge on any atom is 0.266 e. The second-order valence-corrected chi connectivity index (χ2v) is 7.52. The molecule has 2 heterocycles. The molecular weight excluding hydrogens is 350 g/mol. The molecule has 0 spiro atoms. The van der Waals surface area contributed by atoms with Crippen molar-refractivity contribution in [3.8, 4) is 5.75 Å². The van der Waals surface area contributed by atoms with Crippen molar-refractivity contribution in [2.45, 2.75) is 45.6 Å². The van der Waals surface area contributed by atoms with Crippen LogP contribution in [0.2, 0.25) is 0 Å². The number of carbonyl (C=O) groups excluding carboxylic acids is 1. The number of benzene rings is 1. The zero-order chi connectivity index (χ0) is 18.5. The first-order valence-electron chi connectivity index (χ1n) is 8.84. The summed E-state index contributed by atoms with van der Waals surface area (Å²) in [5.74, 6) is 0.467. The van der Waals surface area contributed by atoms with Crippen molar-refractivity contribution in [3.63, 3.8) is 0 Å². The minimum Gasteiger partial charge on any atom is -0.481 e. The van der Waals surface area contributed by atoms with Crippen LogP contribution in [0.25, 0.3) is 0 Å². The Hall–Kier alpha value is -1.96. The van der Waals surface area contributed by atoms with Gasteiger partial charge in [-0.2, -0.15) is 0 Å². The Morgan fingerprint density at radius 1 is 1.35 bits per heavy atom. The first-order chi connectivity index (χ1) is 12.5. The number of hydrogen-bond acceptors (Lipinski definition) is 6. The van der Waals surface area contributed by atoms with Gasteiger partial charge in [-0.3, -0.25) is 15.0 Å². The molecule has 1 aromatic heterocycles. The summed E-state index contributed by atoms with van der Waals surface area (Å²) in [5, 5.41) is 5.43. The highest BCUT2D eigenvalue weighted by Gasteiger charge is 2.23. The lowest BCUT2D eigenvalue weighted by Crippen LogP contribution is -2.44. The molecule has 1 fully saturated rings. The first kappa shape index (κ1) is 18.8. The molecule has 7 heteroatoms. The fourth-order valence-electron chi connectivity index (χ4n) is 3.04. The van der Waals surface area contributed by atoms with E-state index in [4.69, 9.17) is 9.47 Å². The number of anilines is 1. The number of thiazole rings is 1. The number of rotatable bonds is 6. The summed E-state index contributed by atoms with van der Waals surface area (Å²) in [7, 11) is 0. The van der Waals surface area contributed by atoms with Crippen molar-refractivity contribution in [3.05, 3.63) is 41.4 Å². The van der Waals surface area contributed by atoms with Crippen LogP contribution in [-0.2, 0) is 16.1 Å². The topological polar surface area (TPSA) is 63.7 Å². The van der Waals surface area contributed by atoms with Gasteiger partial charge in [0, 0.05) is 25.0 Å². The van der Waals surface area contributed by atoms with E-state index < -0.39 is 6.10 Å². The van der Waals surface area contributed by atoms with Gasteiger partial charge in [-0.05, 0) is 32.9 Å². The van der Waals surface area contributed by atoms with E-state index in [1.807, 2.05) is 35.7 Å². The summed E-state index contributed by atoms with van der Waals surface area (Å²) in [5.41, 5.74) is 0.961. The van der Waals surface area contributed by atoms with Gasteiger partial charge in [0.15, 0.2) is 11.2 Å². The second kappa shape index (κ2) is 8.62. The molecule has 1 aliphatic heterocycles. The molecule has 26 heavy (non-hydrogen) atoms. The lowest BCUT2D eigenvalue weighted by molar-refractivity contribution is -0.122. The summed E-state index contributed by atoms with van der Waals surface area (Å²) in [4.78, 5) is 19.2. The van der Waals surface area contributed by atoms with Crippen LogP contribution in [0.1, 0.15) is 26.5 Å². The van der Waals surface area contributed by atoms with Crippen molar-refractivity contribution in [2.75, 3.05) is 18.4 Å². The van der Waals surface area contributed by atoms with Gasteiger partial charge in [-0.25, -0.2) is 4.98 Å². The van der Waals surface area contributed by atoms with E-state index in [2.05, 4.69) is 29.0 Å². The van der Waals surface area contributed by atoms with Gasteiger partial charge in [-0.15, -0.1) is 11.3 Å². The Labute approximate surface area is 158 Å². The lowest BCUT2D eigenvalue weighted by Gasteiger charge is -2.34. The zero-order valence-corrected chi connectivity index (χ0v) is 16.2. The van der Waals surface area contributed by atoms with E-state index in [9.17, 15) is 4.79 Å². The molecule has 1 aliphatic rings. The van der Waals surface area contributed by atoms with Crippen molar-refractivity contribution in [2.24, 2.45) is 0 Å². The zero-order valence-electron chi connectivity index (χ0n) is 15.3. The van der Waals surface area contributed by atoms with Crippen LogP contribution in [0.15, 0.2) is 35.7 Å². The van der Waals surface area contributed by atoms with E-state index >= 15 is 0 Å². The Balaban J connectivity index is 1.52. The third kappa shape index (κ3) is 5.27. The van der Waals surface area contributed by atoms with Crippen LogP contribution >= 0.6 is 11.3 Å². The summed E-state index contributed by atoms with van der Waals surface area (Å²) >= 11 is 1.44. The Morgan fingerprint density at radius 3 is 2.73 bits per heavy atom. The highest BCUT2D eigenvalue weighted by atomic mass is 32.1. The van der Waals surface area contributed by atoms with Crippen LogP contribution in [0.4, 0.5) is 5.13 Å². The van der Waals surface area contributed by atoms with E-state index in [-0.39, 0.29) is 18.1 Å². The SMILES string of the molecule is C[C@@H]1CN(Cc2csc(NC(=O)[C@@H](C)Oc3ccccc3)n2)C[C@H](C)O1. The Morgan fingerprint density at radius 2 is 2.04 bits per heavy atom. The van der Waals surface area contributed by atoms with Gasteiger partial charge >= 0.3 is 0 Å². The third-order valence-corrected chi connectivity index (χ3v) is 4.89. The number of nitrogens with one attached hydrogen (secondary N) is 1. The van der Waals surface area contributed by atoms with Gasteiger partial charge in [0.25, 0.3) is 5.91 Å². The average Bonchev–Trinajstić information content (AvgIpc) is 3.01. The number of ether oxygens (including phenoxy) is 2. The Bertz CT molecular complexity index is 712. The van der Waals surface area contributed by atoms with Gasteiger partial charge < -0.3 is 9.47 Å². The van der Waals surface area contributed by atoms with Crippen LogP contribution in [0.3, 0.4) is 0 Å². The number of nitrogens with zero attached hydrogens (tertiary/aromatic N) is 2. The van der Waals surface area contributed by atoms with E-state index in [0.717, 1.165) is 25.3 Å². The molecule has 1 aromatic carbocycles. The van der Waals surface area contributed by atoms with E-state index in [0.29, 0.717) is 10.9 Å². The molecule has 2 aromatic rings. The standard InChI is InChI=1S/C19H25N3O3S/c1-13-9-22(10-14(2)24-13)11-16-12-26-19(20-16)21-18(23)15(3)25-17-7-5-4-6-8-17/h4-8,12-15H,9-11H2,1-3H3,(H,20,21,23)/t13-,14+,15-/m1/s1. The van der Waals surface area contributed by atoms with Gasteiger partial charge in [0.05, 0.1) is 17.9 Å².